The van der Waals surface area contributed by atoms with Gasteiger partial charge in [0, 0.05) is 12.1 Å². The fourth-order valence-electron chi connectivity index (χ4n) is 3.86. The number of rotatable bonds is 5. The van der Waals surface area contributed by atoms with Gasteiger partial charge in [-0.2, -0.15) is 0 Å². The minimum absolute atomic E-state index is 0.0418. The molecular weight excluding hydrogens is 362 g/mol. The van der Waals surface area contributed by atoms with Gasteiger partial charge in [0.25, 0.3) is 5.91 Å². The summed E-state index contributed by atoms with van der Waals surface area (Å²) in [5, 5.41) is 0. The monoisotopic (exact) mass is 387 g/mol. The summed E-state index contributed by atoms with van der Waals surface area (Å²) in [4.78, 5) is 15.2. The van der Waals surface area contributed by atoms with Gasteiger partial charge in [-0.05, 0) is 60.9 Å². The van der Waals surface area contributed by atoms with Crippen LogP contribution in [0.2, 0.25) is 0 Å². The molecule has 0 spiro atoms. The van der Waals surface area contributed by atoms with Crippen LogP contribution < -0.4 is 9.47 Å². The first kappa shape index (κ1) is 19.1. The zero-order valence-corrected chi connectivity index (χ0v) is 16.8. The van der Waals surface area contributed by atoms with E-state index in [4.69, 9.17) is 9.47 Å². The molecular formula is C25H25NO3. The van der Waals surface area contributed by atoms with Crippen LogP contribution in [0.5, 0.6) is 11.5 Å². The lowest BCUT2D eigenvalue weighted by molar-refractivity contribution is 0.0590. The molecule has 3 aromatic carbocycles. The lowest BCUT2D eigenvalue weighted by atomic mass is 9.91. The molecule has 1 aliphatic rings. The second-order valence-corrected chi connectivity index (χ2v) is 7.32. The molecule has 0 N–H and O–H groups in total. The maximum absolute atomic E-state index is 13.2. The number of carbonyl (C=O) groups is 1. The fraction of sp³-hybridized carbons (Fsp3) is 0.240. The largest absolute Gasteiger partial charge is 0.497 e. The van der Waals surface area contributed by atoms with Gasteiger partial charge < -0.3 is 14.4 Å². The molecule has 1 amide bonds. The summed E-state index contributed by atoms with van der Waals surface area (Å²) < 4.78 is 11.3. The van der Waals surface area contributed by atoms with Crippen LogP contribution >= 0.6 is 0 Å². The number of methoxy groups -OCH3 is 1. The Morgan fingerprint density at radius 1 is 1.00 bits per heavy atom. The topological polar surface area (TPSA) is 38.8 Å². The van der Waals surface area contributed by atoms with Crippen LogP contribution in [-0.2, 0) is 6.42 Å². The minimum atomic E-state index is -0.130. The number of amides is 1. The van der Waals surface area contributed by atoms with Gasteiger partial charge in [-0.3, -0.25) is 4.79 Å². The minimum Gasteiger partial charge on any atom is -0.497 e. The van der Waals surface area contributed by atoms with Crippen molar-refractivity contribution in [1.82, 2.24) is 4.90 Å². The zero-order valence-electron chi connectivity index (χ0n) is 16.8. The SMILES string of the molecule is COc1ccc(OCC2c3ccc(C)cc3CCN2C(=O)c2ccccc2)cc1. The standard InChI is InChI=1S/C25H25NO3/c1-18-8-13-23-20(16-18)14-15-26(25(27)19-6-4-3-5-7-19)24(23)17-29-22-11-9-21(28-2)10-12-22/h3-13,16,24H,14-15,17H2,1-2H3. The molecule has 1 atom stereocenters. The fourth-order valence-corrected chi connectivity index (χ4v) is 3.86. The number of carbonyl (C=O) groups excluding carboxylic acids is 1. The number of aryl methyl sites for hydroxylation is 1. The third-order valence-electron chi connectivity index (χ3n) is 5.40. The van der Waals surface area contributed by atoms with Gasteiger partial charge in [0.2, 0.25) is 0 Å². The molecule has 0 saturated carbocycles. The van der Waals surface area contributed by atoms with E-state index < -0.39 is 0 Å². The van der Waals surface area contributed by atoms with E-state index in [2.05, 4.69) is 25.1 Å². The van der Waals surface area contributed by atoms with Crippen molar-refractivity contribution in [3.05, 3.63) is 95.1 Å². The number of fused-ring (bicyclic) bond motifs is 1. The quantitative estimate of drug-likeness (QED) is 0.630. The Kier molecular flexibility index (Phi) is 5.52. The normalized spacial score (nSPS) is 15.5. The smallest absolute Gasteiger partial charge is 0.254 e. The Hall–Kier alpha value is -3.27. The third kappa shape index (κ3) is 4.11. The van der Waals surface area contributed by atoms with Gasteiger partial charge in [0.1, 0.15) is 18.1 Å². The van der Waals surface area contributed by atoms with Gasteiger partial charge in [0.05, 0.1) is 13.2 Å². The van der Waals surface area contributed by atoms with E-state index in [0.717, 1.165) is 17.9 Å². The van der Waals surface area contributed by atoms with Gasteiger partial charge in [-0.15, -0.1) is 0 Å². The van der Waals surface area contributed by atoms with Crippen LogP contribution in [0, 0.1) is 6.92 Å². The van der Waals surface area contributed by atoms with E-state index in [1.54, 1.807) is 7.11 Å². The zero-order chi connectivity index (χ0) is 20.2. The molecule has 0 aromatic heterocycles. The molecule has 29 heavy (non-hydrogen) atoms. The summed E-state index contributed by atoms with van der Waals surface area (Å²) in [6.45, 7) is 3.19. The second-order valence-electron chi connectivity index (χ2n) is 7.32. The lowest BCUT2D eigenvalue weighted by Gasteiger charge is -2.37. The van der Waals surface area contributed by atoms with Crippen molar-refractivity contribution in [1.29, 1.82) is 0 Å². The average Bonchev–Trinajstić information content (AvgIpc) is 2.77. The van der Waals surface area contributed by atoms with Crippen LogP contribution in [-0.4, -0.2) is 31.1 Å². The van der Waals surface area contributed by atoms with Crippen molar-refractivity contribution in [3.8, 4) is 11.5 Å². The summed E-state index contributed by atoms with van der Waals surface area (Å²) in [6, 6.07) is 23.3. The Bertz CT molecular complexity index is 983. The Labute approximate surface area is 171 Å². The van der Waals surface area contributed by atoms with Gasteiger partial charge in [0.15, 0.2) is 0 Å². The predicted octanol–water partition coefficient (Wildman–Crippen LogP) is 4.82. The molecule has 0 radical (unpaired) electrons. The summed E-state index contributed by atoms with van der Waals surface area (Å²) in [6.07, 6.45) is 0.856. The summed E-state index contributed by atoms with van der Waals surface area (Å²) in [5.74, 6) is 1.59. The van der Waals surface area contributed by atoms with Crippen LogP contribution in [0.25, 0.3) is 0 Å². The lowest BCUT2D eigenvalue weighted by Crippen LogP contribution is -2.42. The van der Waals surface area contributed by atoms with Crippen molar-refractivity contribution < 1.29 is 14.3 Å². The molecule has 148 valence electrons. The first-order valence-electron chi connectivity index (χ1n) is 9.88. The van der Waals surface area contributed by atoms with E-state index in [0.29, 0.717) is 18.7 Å². The summed E-state index contributed by atoms with van der Waals surface area (Å²) >= 11 is 0. The number of benzene rings is 3. The highest BCUT2D eigenvalue weighted by atomic mass is 16.5. The molecule has 0 aliphatic carbocycles. The van der Waals surface area contributed by atoms with Crippen LogP contribution in [0.4, 0.5) is 0 Å². The van der Waals surface area contributed by atoms with Gasteiger partial charge in [-0.1, -0.05) is 42.0 Å². The molecule has 0 saturated heterocycles. The van der Waals surface area contributed by atoms with Gasteiger partial charge in [-0.25, -0.2) is 0 Å². The van der Waals surface area contributed by atoms with Crippen molar-refractivity contribution in [2.75, 3.05) is 20.3 Å². The maximum atomic E-state index is 13.2. The van der Waals surface area contributed by atoms with Crippen molar-refractivity contribution in [3.63, 3.8) is 0 Å². The first-order chi connectivity index (χ1) is 14.2. The predicted molar refractivity (Wildman–Crippen MR) is 114 cm³/mol. The second kappa shape index (κ2) is 8.39. The molecule has 1 heterocycles. The molecule has 0 bridgehead atoms. The Morgan fingerprint density at radius 2 is 1.72 bits per heavy atom. The summed E-state index contributed by atoms with van der Waals surface area (Å²) in [7, 11) is 1.64. The van der Waals surface area contributed by atoms with Crippen molar-refractivity contribution in [2.45, 2.75) is 19.4 Å². The van der Waals surface area contributed by atoms with E-state index in [1.807, 2.05) is 59.5 Å². The van der Waals surface area contributed by atoms with E-state index >= 15 is 0 Å². The number of hydrogen-bond donors (Lipinski definition) is 0. The highest BCUT2D eigenvalue weighted by molar-refractivity contribution is 5.94. The molecule has 1 unspecified atom stereocenters. The highest BCUT2D eigenvalue weighted by Crippen LogP contribution is 2.32. The van der Waals surface area contributed by atoms with E-state index in [1.165, 1.54) is 16.7 Å². The van der Waals surface area contributed by atoms with Gasteiger partial charge >= 0.3 is 0 Å². The molecule has 4 nitrogen and oxygen atoms in total. The molecule has 0 fully saturated rings. The average molecular weight is 387 g/mol. The number of hydrogen-bond acceptors (Lipinski definition) is 3. The Morgan fingerprint density at radius 3 is 2.45 bits per heavy atom. The number of nitrogens with zero attached hydrogens (tertiary/aromatic N) is 1. The first-order valence-corrected chi connectivity index (χ1v) is 9.88. The van der Waals surface area contributed by atoms with Crippen LogP contribution in [0.3, 0.4) is 0 Å². The van der Waals surface area contributed by atoms with Crippen molar-refractivity contribution >= 4 is 5.91 Å². The maximum Gasteiger partial charge on any atom is 0.254 e. The summed E-state index contributed by atoms with van der Waals surface area (Å²) in [5.41, 5.74) is 4.41. The molecule has 4 heteroatoms. The van der Waals surface area contributed by atoms with Crippen LogP contribution in [0.15, 0.2) is 72.8 Å². The highest BCUT2D eigenvalue weighted by Gasteiger charge is 2.32. The molecule has 3 aromatic rings. The van der Waals surface area contributed by atoms with E-state index in [-0.39, 0.29) is 11.9 Å². The van der Waals surface area contributed by atoms with Crippen molar-refractivity contribution in [2.24, 2.45) is 0 Å². The van der Waals surface area contributed by atoms with Crippen LogP contribution in [0.1, 0.15) is 33.1 Å². The molecule has 4 rings (SSSR count). The molecule has 1 aliphatic heterocycles. The van der Waals surface area contributed by atoms with E-state index in [9.17, 15) is 4.79 Å². The number of ether oxygens (including phenoxy) is 2. The third-order valence-corrected chi connectivity index (χ3v) is 5.40. The Balaban J connectivity index is 1.61.